The van der Waals surface area contributed by atoms with Gasteiger partial charge in [-0.3, -0.25) is 4.79 Å². The van der Waals surface area contributed by atoms with Gasteiger partial charge in [-0.25, -0.2) is 0 Å². The molecule has 2 heteroatoms. The fourth-order valence-electron chi connectivity index (χ4n) is 1.84. The van der Waals surface area contributed by atoms with Gasteiger partial charge in [0.25, 0.3) is 0 Å². The van der Waals surface area contributed by atoms with Crippen molar-refractivity contribution in [1.29, 1.82) is 0 Å². The first-order valence-electron chi connectivity index (χ1n) is 5.49. The van der Waals surface area contributed by atoms with E-state index < -0.39 is 0 Å². The highest BCUT2D eigenvalue weighted by atomic mass is 16.1. The van der Waals surface area contributed by atoms with Gasteiger partial charge in [-0.15, -0.1) is 12.3 Å². The van der Waals surface area contributed by atoms with Crippen LogP contribution in [-0.4, -0.2) is 18.9 Å². The Bertz CT molecular complexity index is 211. The third kappa shape index (κ3) is 4.43. The monoisotopic (exact) mass is 193 g/mol. The molecule has 1 heterocycles. The summed E-state index contributed by atoms with van der Waals surface area (Å²) in [5.74, 6) is 3.67. The molecule has 0 bridgehead atoms. The lowest BCUT2D eigenvalue weighted by atomic mass is 9.99. The maximum atomic E-state index is 11.4. The lowest BCUT2D eigenvalue weighted by Crippen LogP contribution is -2.10. The highest BCUT2D eigenvalue weighted by molar-refractivity contribution is 5.78. The minimum Gasteiger partial charge on any atom is -0.316 e. The maximum absolute atomic E-state index is 11.4. The Morgan fingerprint density at radius 1 is 1.50 bits per heavy atom. The number of hydrogen-bond donors (Lipinski definition) is 1. The van der Waals surface area contributed by atoms with Crippen LogP contribution in [0.3, 0.4) is 0 Å². The number of carbonyl (C=O) groups excluding carboxylic acids is 1. The highest BCUT2D eigenvalue weighted by Gasteiger charge is 2.15. The Hall–Kier alpha value is -0.810. The molecule has 0 spiro atoms. The van der Waals surface area contributed by atoms with Gasteiger partial charge in [-0.2, -0.15) is 0 Å². The molecule has 1 aliphatic heterocycles. The van der Waals surface area contributed by atoms with Gasteiger partial charge in [-0.1, -0.05) is 0 Å². The van der Waals surface area contributed by atoms with Crippen molar-refractivity contribution in [2.24, 2.45) is 5.92 Å². The number of nitrogens with one attached hydrogen (secondary N) is 1. The minimum absolute atomic E-state index is 0.382. The number of terminal acetylenes is 1. The van der Waals surface area contributed by atoms with Crippen LogP contribution >= 0.6 is 0 Å². The molecule has 1 saturated heterocycles. The maximum Gasteiger partial charge on any atom is 0.132 e. The van der Waals surface area contributed by atoms with E-state index in [0.717, 1.165) is 44.7 Å². The predicted octanol–water partition coefficient (Wildman–Crippen LogP) is 1.75. The lowest BCUT2D eigenvalue weighted by Gasteiger charge is -2.06. The first-order valence-corrected chi connectivity index (χ1v) is 5.49. The van der Waals surface area contributed by atoms with Crippen LogP contribution in [0.4, 0.5) is 0 Å². The molecule has 0 aromatic carbocycles. The molecule has 0 amide bonds. The molecular formula is C12H19NO. The Balaban J connectivity index is 2.00. The van der Waals surface area contributed by atoms with Crippen molar-refractivity contribution < 1.29 is 4.79 Å². The second-order valence-corrected chi connectivity index (χ2v) is 3.99. The molecular weight excluding hydrogens is 174 g/mol. The van der Waals surface area contributed by atoms with Crippen molar-refractivity contribution >= 4 is 5.78 Å². The predicted molar refractivity (Wildman–Crippen MR) is 57.9 cm³/mol. The average Bonchev–Trinajstić information content (AvgIpc) is 2.68. The van der Waals surface area contributed by atoms with Crippen LogP contribution in [0.2, 0.25) is 0 Å². The summed E-state index contributed by atoms with van der Waals surface area (Å²) in [6, 6.07) is 0. The summed E-state index contributed by atoms with van der Waals surface area (Å²) in [4.78, 5) is 11.4. The second kappa shape index (κ2) is 6.62. The fourth-order valence-corrected chi connectivity index (χ4v) is 1.84. The minimum atomic E-state index is 0.382. The van der Waals surface area contributed by atoms with E-state index in [1.807, 2.05) is 0 Å². The summed E-state index contributed by atoms with van der Waals surface area (Å²) in [5, 5.41) is 3.31. The molecule has 1 rings (SSSR count). The number of hydrogen-bond acceptors (Lipinski definition) is 2. The smallest absolute Gasteiger partial charge is 0.132 e. The molecule has 2 nitrogen and oxygen atoms in total. The Morgan fingerprint density at radius 3 is 3.00 bits per heavy atom. The van der Waals surface area contributed by atoms with Crippen LogP contribution in [0.15, 0.2) is 0 Å². The number of ketones is 1. The fraction of sp³-hybridized carbons (Fsp3) is 0.750. The lowest BCUT2D eigenvalue weighted by molar-refractivity contribution is -0.119. The molecule has 1 N–H and O–H groups in total. The Morgan fingerprint density at radius 2 is 2.36 bits per heavy atom. The largest absolute Gasteiger partial charge is 0.316 e. The highest BCUT2D eigenvalue weighted by Crippen LogP contribution is 2.15. The number of carbonyl (C=O) groups is 1. The van der Waals surface area contributed by atoms with Crippen LogP contribution in [-0.2, 0) is 4.79 Å². The van der Waals surface area contributed by atoms with Gasteiger partial charge in [0.1, 0.15) is 5.78 Å². The van der Waals surface area contributed by atoms with E-state index in [9.17, 15) is 4.79 Å². The standard InChI is InChI=1S/C12H19NO/c1-2-3-4-5-12(14)7-6-11-8-9-13-10-11/h1,11,13H,3-10H2. The van der Waals surface area contributed by atoms with E-state index >= 15 is 0 Å². The first-order chi connectivity index (χ1) is 6.83. The van der Waals surface area contributed by atoms with Gasteiger partial charge in [0.15, 0.2) is 0 Å². The summed E-state index contributed by atoms with van der Waals surface area (Å²) in [6.07, 6.45) is 10.4. The number of Topliss-reactive ketones (excluding diaryl/α,β-unsaturated/α-hetero) is 1. The third-order valence-electron chi connectivity index (χ3n) is 2.77. The number of unbranched alkanes of at least 4 members (excludes halogenated alkanes) is 1. The van der Waals surface area contributed by atoms with Crippen molar-refractivity contribution in [3.63, 3.8) is 0 Å². The van der Waals surface area contributed by atoms with Crippen molar-refractivity contribution in [3.8, 4) is 12.3 Å². The van der Waals surface area contributed by atoms with E-state index in [1.54, 1.807) is 0 Å². The molecule has 0 aromatic heterocycles. The Kier molecular flexibility index (Phi) is 5.32. The van der Waals surface area contributed by atoms with Crippen molar-refractivity contribution in [2.45, 2.75) is 38.5 Å². The van der Waals surface area contributed by atoms with Crippen LogP contribution in [0, 0.1) is 18.3 Å². The summed E-state index contributed by atoms with van der Waals surface area (Å²) in [7, 11) is 0. The zero-order chi connectivity index (χ0) is 10.2. The average molecular weight is 193 g/mol. The summed E-state index contributed by atoms with van der Waals surface area (Å²) < 4.78 is 0. The van der Waals surface area contributed by atoms with Crippen molar-refractivity contribution in [3.05, 3.63) is 0 Å². The molecule has 1 unspecified atom stereocenters. The normalized spacial score (nSPS) is 20.6. The summed E-state index contributed by atoms with van der Waals surface area (Å²) in [6.45, 7) is 2.22. The van der Waals surface area contributed by atoms with E-state index in [4.69, 9.17) is 6.42 Å². The summed E-state index contributed by atoms with van der Waals surface area (Å²) in [5.41, 5.74) is 0. The van der Waals surface area contributed by atoms with Crippen LogP contribution in [0.5, 0.6) is 0 Å². The van der Waals surface area contributed by atoms with Gasteiger partial charge in [-0.05, 0) is 38.3 Å². The molecule has 14 heavy (non-hydrogen) atoms. The SMILES string of the molecule is C#CCCCC(=O)CCC1CCNC1. The second-order valence-electron chi connectivity index (χ2n) is 3.99. The zero-order valence-electron chi connectivity index (χ0n) is 8.72. The molecule has 0 radical (unpaired) electrons. The molecule has 78 valence electrons. The summed E-state index contributed by atoms with van der Waals surface area (Å²) >= 11 is 0. The molecule has 1 fully saturated rings. The number of rotatable bonds is 6. The molecule has 0 saturated carbocycles. The van der Waals surface area contributed by atoms with Crippen molar-refractivity contribution in [1.82, 2.24) is 5.32 Å². The molecule has 1 aliphatic rings. The first kappa shape index (κ1) is 11.3. The molecule has 0 aliphatic carbocycles. The van der Waals surface area contributed by atoms with E-state index in [0.29, 0.717) is 12.2 Å². The van der Waals surface area contributed by atoms with Crippen LogP contribution in [0.25, 0.3) is 0 Å². The van der Waals surface area contributed by atoms with Crippen LogP contribution < -0.4 is 5.32 Å². The van der Waals surface area contributed by atoms with Crippen LogP contribution in [0.1, 0.15) is 38.5 Å². The topological polar surface area (TPSA) is 29.1 Å². The molecule has 0 aromatic rings. The van der Waals surface area contributed by atoms with Crippen molar-refractivity contribution in [2.75, 3.05) is 13.1 Å². The van der Waals surface area contributed by atoms with E-state index in [1.165, 1.54) is 6.42 Å². The van der Waals surface area contributed by atoms with E-state index in [2.05, 4.69) is 11.2 Å². The quantitative estimate of drug-likeness (QED) is 0.514. The van der Waals surface area contributed by atoms with Gasteiger partial charge in [0.2, 0.25) is 0 Å². The third-order valence-corrected chi connectivity index (χ3v) is 2.77. The molecule has 1 atom stereocenters. The van der Waals surface area contributed by atoms with Gasteiger partial charge >= 0.3 is 0 Å². The van der Waals surface area contributed by atoms with Gasteiger partial charge < -0.3 is 5.32 Å². The Labute approximate surface area is 86.5 Å². The van der Waals surface area contributed by atoms with Gasteiger partial charge in [0.05, 0.1) is 0 Å². The zero-order valence-corrected chi connectivity index (χ0v) is 8.72. The van der Waals surface area contributed by atoms with Gasteiger partial charge in [0, 0.05) is 19.3 Å². The van der Waals surface area contributed by atoms with E-state index in [-0.39, 0.29) is 0 Å².